The Labute approximate surface area is 123 Å². The standard InChI is InChI=1S/C16H20FN3O/c1-10-7-11(9-12(17)8-10)15-19-16(21-20-15)13-5-3-2-4-6-14(13)18/h7-9,13-14H,2-6,18H2,1H3. The molecule has 1 aliphatic carbocycles. The van der Waals surface area contributed by atoms with Gasteiger partial charge < -0.3 is 10.3 Å². The van der Waals surface area contributed by atoms with E-state index in [1.54, 1.807) is 0 Å². The molecule has 2 unspecified atom stereocenters. The predicted octanol–water partition coefficient (Wildman–Crippen LogP) is 3.56. The average molecular weight is 289 g/mol. The second-order valence-electron chi connectivity index (χ2n) is 5.88. The third-order valence-electron chi connectivity index (χ3n) is 4.13. The van der Waals surface area contributed by atoms with Gasteiger partial charge in [0.25, 0.3) is 0 Å². The summed E-state index contributed by atoms with van der Waals surface area (Å²) in [6.07, 6.45) is 5.46. The van der Waals surface area contributed by atoms with E-state index in [2.05, 4.69) is 10.1 Å². The highest BCUT2D eigenvalue weighted by molar-refractivity contribution is 5.55. The molecule has 5 heteroatoms. The van der Waals surface area contributed by atoms with E-state index in [9.17, 15) is 4.39 Å². The molecule has 0 aliphatic heterocycles. The van der Waals surface area contributed by atoms with Crippen LogP contribution in [0.4, 0.5) is 4.39 Å². The van der Waals surface area contributed by atoms with E-state index in [0.29, 0.717) is 17.3 Å². The van der Waals surface area contributed by atoms with Gasteiger partial charge in [0, 0.05) is 11.6 Å². The van der Waals surface area contributed by atoms with Crippen molar-refractivity contribution in [1.29, 1.82) is 0 Å². The summed E-state index contributed by atoms with van der Waals surface area (Å²) < 4.78 is 18.9. The first-order valence-electron chi connectivity index (χ1n) is 7.50. The quantitative estimate of drug-likeness (QED) is 0.858. The molecule has 21 heavy (non-hydrogen) atoms. The van der Waals surface area contributed by atoms with Crippen molar-refractivity contribution in [1.82, 2.24) is 10.1 Å². The van der Waals surface area contributed by atoms with Gasteiger partial charge in [0.05, 0.1) is 5.92 Å². The smallest absolute Gasteiger partial charge is 0.231 e. The Morgan fingerprint density at radius 1 is 1.19 bits per heavy atom. The van der Waals surface area contributed by atoms with Crippen LogP contribution in [0.15, 0.2) is 22.7 Å². The van der Waals surface area contributed by atoms with Crippen molar-refractivity contribution in [3.05, 3.63) is 35.5 Å². The van der Waals surface area contributed by atoms with E-state index < -0.39 is 0 Å². The maximum Gasteiger partial charge on any atom is 0.231 e. The number of hydrogen-bond acceptors (Lipinski definition) is 4. The molecule has 1 aromatic heterocycles. The molecule has 0 spiro atoms. The Morgan fingerprint density at radius 2 is 2.00 bits per heavy atom. The number of benzene rings is 1. The van der Waals surface area contributed by atoms with Gasteiger partial charge in [-0.1, -0.05) is 24.4 Å². The highest BCUT2D eigenvalue weighted by atomic mass is 19.1. The Kier molecular flexibility index (Phi) is 4.01. The molecule has 2 N–H and O–H groups in total. The van der Waals surface area contributed by atoms with Gasteiger partial charge in [0.2, 0.25) is 11.7 Å². The van der Waals surface area contributed by atoms with E-state index in [-0.39, 0.29) is 17.8 Å². The molecule has 0 bridgehead atoms. The van der Waals surface area contributed by atoms with Crippen LogP contribution in [0.5, 0.6) is 0 Å². The van der Waals surface area contributed by atoms with Crippen molar-refractivity contribution in [3.63, 3.8) is 0 Å². The number of nitrogens with zero attached hydrogens (tertiary/aromatic N) is 2. The Morgan fingerprint density at radius 3 is 2.81 bits per heavy atom. The van der Waals surface area contributed by atoms with Crippen molar-refractivity contribution < 1.29 is 8.91 Å². The van der Waals surface area contributed by atoms with Crippen LogP contribution in [-0.4, -0.2) is 16.2 Å². The van der Waals surface area contributed by atoms with Gasteiger partial charge in [0.15, 0.2) is 0 Å². The number of hydrogen-bond donors (Lipinski definition) is 1. The lowest BCUT2D eigenvalue weighted by Crippen LogP contribution is -2.27. The number of nitrogens with two attached hydrogens (primary N) is 1. The average Bonchev–Trinajstić information content (AvgIpc) is 2.81. The molecule has 2 atom stereocenters. The summed E-state index contributed by atoms with van der Waals surface area (Å²) in [4.78, 5) is 4.45. The molecule has 0 saturated heterocycles. The lowest BCUT2D eigenvalue weighted by atomic mass is 9.95. The van der Waals surface area contributed by atoms with Gasteiger partial charge >= 0.3 is 0 Å². The number of aryl methyl sites for hydroxylation is 1. The molecular formula is C16H20FN3O. The van der Waals surface area contributed by atoms with Crippen molar-refractivity contribution in [2.45, 2.75) is 51.0 Å². The Balaban J connectivity index is 1.88. The Bertz CT molecular complexity index is 605. The van der Waals surface area contributed by atoms with Crippen LogP contribution in [0, 0.1) is 12.7 Å². The lowest BCUT2D eigenvalue weighted by molar-refractivity contribution is 0.326. The number of rotatable bonds is 2. The minimum Gasteiger partial charge on any atom is -0.339 e. The van der Waals surface area contributed by atoms with E-state index in [1.165, 1.54) is 18.6 Å². The minimum atomic E-state index is -0.289. The SMILES string of the molecule is Cc1cc(F)cc(-c2noc(C3CCCCCC3N)n2)c1. The second kappa shape index (κ2) is 5.93. The van der Waals surface area contributed by atoms with Gasteiger partial charge in [-0.25, -0.2) is 4.39 Å². The topological polar surface area (TPSA) is 64.9 Å². The lowest BCUT2D eigenvalue weighted by Gasteiger charge is -2.16. The summed E-state index contributed by atoms with van der Waals surface area (Å²) in [5, 5.41) is 4.00. The van der Waals surface area contributed by atoms with Crippen molar-refractivity contribution >= 4 is 0 Å². The largest absolute Gasteiger partial charge is 0.339 e. The summed E-state index contributed by atoms with van der Waals surface area (Å²) in [7, 11) is 0. The summed E-state index contributed by atoms with van der Waals surface area (Å²) in [5.74, 6) is 0.844. The molecule has 1 saturated carbocycles. The van der Waals surface area contributed by atoms with Crippen molar-refractivity contribution in [2.24, 2.45) is 5.73 Å². The zero-order valence-electron chi connectivity index (χ0n) is 12.2. The fraction of sp³-hybridized carbons (Fsp3) is 0.500. The summed E-state index contributed by atoms with van der Waals surface area (Å²) in [6, 6.07) is 4.82. The van der Waals surface area contributed by atoms with Gasteiger partial charge in [-0.2, -0.15) is 4.98 Å². The van der Waals surface area contributed by atoms with Gasteiger partial charge in [-0.05, 0) is 43.5 Å². The Hall–Kier alpha value is -1.75. The molecule has 3 rings (SSSR count). The number of halogens is 1. The fourth-order valence-corrected chi connectivity index (χ4v) is 3.01. The molecule has 1 fully saturated rings. The fourth-order valence-electron chi connectivity index (χ4n) is 3.01. The maximum atomic E-state index is 13.5. The molecule has 112 valence electrons. The minimum absolute atomic E-state index is 0.0649. The molecule has 0 radical (unpaired) electrons. The summed E-state index contributed by atoms with van der Waals surface area (Å²) >= 11 is 0. The van der Waals surface area contributed by atoms with Crippen LogP contribution in [0.2, 0.25) is 0 Å². The first-order chi connectivity index (χ1) is 10.1. The molecule has 1 aromatic carbocycles. The molecule has 0 amide bonds. The van der Waals surface area contributed by atoms with Gasteiger partial charge in [-0.15, -0.1) is 0 Å². The van der Waals surface area contributed by atoms with Gasteiger partial charge in [0.1, 0.15) is 5.82 Å². The van der Waals surface area contributed by atoms with Crippen LogP contribution < -0.4 is 5.73 Å². The summed E-state index contributed by atoms with van der Waals surface area (Å²) in [5.41, 5.74) is 7.70. The van der Waals surface area contributed by atoms with E-state index >= 15 is 0 Å². The van der Waals surface area contributed by atoms with Crippen LogP contribution in [-0.2, 0) is 0 Å². The summed E-state index contributed by atoms with van der Waals surface area (Å²) in [6.45, 7) is 1.84. The third kappa shape index (κ3) is 3.13. The third-order valence-corrected chi connectivity index (χ3v) is 4.13. The highest BCUT2D eigenvalue weighted by Gasteiger charge is 2.27. The van der Waals surface area contributed by atoms with Crippen LogP contribution >= 0.6 is 0 Å². The molecule has 4 nitrogen and oxygen atoms in total. The molecule has 1 heterocycles. The second-order valence-corrected chi connectivity index (χ2v) is 5.88. The molecule has 1 aliphatic rings. The molecular weight excluding hydrogens is 269 g/mol. The van der Waals surface area contributed by atoms with Crippen molar-refractivity contribution in [3.8, 4) is 11.4 Å². The van der Waals surface area contributed by atoms with E-state index in [1.807, 2.05) is 13.0 Å². The van der Waals surface area contributed by atoms with Crippen molar-refractivity contribution in [2.75, 3.05) is 0 Å². The first-order valence-corrected chi connectivity index (χ1v) is 7.50. The van der Waals surface area contributed by atoms with E-state index in [0.717, 1.165) is 31.2 Å². The predicted molar refractivity (Wildman–Crippen MR) is 78.2 cm³/mol. The molecule has 2 aromatic rings. The first kappa shape index (κ1) is 14.2. The normalized spacial score (nSPS) is 23.0. The zero-order chi connectivity index (χ0) is 14.8. The zero-order valence-corrected chi connectivity index (χ0v) is 12.2. The monoisotopic (exact) mass is 289 g/mol. The van der Waals surface area contributed by atoms with E-state index in [4.69, 9.17) is 10.3 Å². The highest BCUT2D eigenvalue weighted by Crippen LogP contribution is 2.31. The van der Waals surface area contributed by atoms with Crippen LogP contribution in [0.1, 0.15) is 49.5 Å². The number of aromatic nitrogens is 2. The van der Waals surface area contributed by atoms with Crippen LogP contribution in [0.3, 0.4) is 0 Å². The van der Waals surface area contributed by atoms with Crippen LogP contribution in [0.25, 0.3) is 11.4 Å². The maximum absolute atomic E-state index is 13.5. The van der Waals surface area contributed by atoms with Gasteiger partial charge in [-0.3, -0.25) is 0 Å².